The fourth-order valence-corrected chi connectivity index (χ4v) is 2.04. The molecule has 0 bridgehead atoms. The molecule has 0 aromatic carbocycles. The van der Waals surface area contributed by atoms with Crippen LogP contribution in [0.1, 0.15) is 79.1 Å². The van der Waals surface area contributed by atoms with Crippen LogP contribution in [0.2, 0.25) is 0 Å². The second-order valence-electron chi connectivity index (χ2n) is 4.66. The Morgan fingerprint density at radius 3 is 1.28 bits per heavy atom. The summed E-state index contributed by atoms with van der Waals surface area (Å²) >= 11 is 0. The van der Waals surface area contributed by atoms with Crippen LogP contribution in [0.15, 0.2) is 0 Å². The zero-order valence-corrected chi connectivity index (χ0v) is 16.7. The molecule has 0 amide bonds. The Morgan fingerprint density at radius 1 is 0.722 bits per heavy atom. The third kappa shape index (κ3) is 15.1. The third-order valence-electron chi connectivity index (χ3n) is 3.27. The predicted molar refractivity (Wildman–Crippen MR) is 83.2 cm³/mol. The SMILES string of the molecule is CCCCC(CC)NC(CC)CCCC.[CH3-].[CH3-].[Y]. The smallest absolute Gasteiger partial charge is 0.00670 e. The topological polar surface area (TPSA) is 12.0 Å². The van der Waals surface area contributed by atoms with Crippen LogP contribution in [0, 0.1) is 14.9 Å². The zero-order chi connectivity index (χ0) is 11.5. The summed E-state index contributed by atoms with van der Waals surface area (Å²) in [6.45, 7) is 9.17. The molecule has 0 saturated carbocycles. The van der Waals surface area contributed by atoms with Crippen molar-refractivity contribution in [2.45, 2.75) is 91.1 Å². The summed E-state index contributed by atoms with van der Waals surface area (Å²) in [5, 5.41) is 3.82. The Morgan fingerprint density at radius 2 is 1.06 bits per heavy atom. The van der Waals surface area contributed by atoms with Crippen LogP contribution < -0.4 is 5.32 Å². The minimum atomic E-state index is 0. The number of rotatable bonds is 10. The van der Waals surface area contributed by atoms with Crippen molar-refractivity contribution >= 4 is 0 Å². The number of hydrogen-bond donors (Lipinski definition) is 1. The van der Waals surface area contributed by atoms with Crippen LogP contribution in [0.25, 0.3) is 0 Å². The molecule has 1 N–H and O–H groups in total. The van der Waals surface area contributed by atoms with Gasteiger partial charge in [-0.2, -0.15) is 0 Å². The Labute approximate surface area is 143 Å². The Hall–Kier alpha value is 1.06. The monoisotopic (exact) mass is 332 g/mol. The van der Waals surface area contributed by atoms with E-state index in [2.05, 4.69) is 33.0 Å². The first-order chi connectivity index (χ1) is 7.28. The molecule has 0 aromatic rings. The molecule has 0 spiro atoms. The van der Waals surface area contributed by atoms with Crippen molar-refractivity contribution in [2.24, 2.45) is 0 Å². The number of nitrogens with one attached hydrogen (secondary N) is 1. The molecule has 2 unspecified atom stereocenters. The molecule has 1 radical (unpaired) electrons. The first kappa shape index (κ1) is 27.4. The molecule has 2 heteroatoms. The van der Waals surface area contributed by atoms with E-state index >= 15 is 0 Å². The van der Waals surface area contributed by atoms with Crippen LogP contribution in [0.5, 0.6) is 0 Å². The summed E-state index contributed by atoms with van der Waals surface area (Å²) in [6, 6.07) is 1.51. The standard InChI is InChI=1S/C14H31N.2CH3.Y/c1-5-9-11-13(7-3)15-14(8-4)12-10-6-2;;;/h13-15H,5-12H2,1-4H3;2*1H3;/q;2*-1;. The summed E-state index contributed by atoms with van der Waals surface area (Å²) in [5.41, 5.74) is 0. The Kier molecular flexibility index (Phi) is 31.0. The van der Waals surface area contributed by atoms with E-state index < -0.39 is 0 Å². The fraction of sp³-hybridized carbons (Fsp3) is 0.875. The molecule has 0 aliphatic carbocycles. The molecule has 111 valence electrons. The summed E-state index contributed by atoms with van der Waals surface area (Å²) in [7, 11) is 0. The van der Waals surface area contributed by atoms with Gasteiger partial charge in [0, 0.05) is 44.8 Å². The fourth-order valence-electron chi connectivity index (χ4n) is 2.04. The van der Waals surface area contributed by atoms with Crippen molar-refractivity contribution in [3.8, 4) is 0 Å². The van der Waals surface area contributed by atoms with E-state index in [4.69, 9.17) is 0 Å². The second kappa shape index (κ2) is 20.4. The molecule has 0 aromatic heterocycles. The molecule has 1 nitrogen and oxygen atoms in total. The molecule has 0 saturated heterocycles. The molecule has 18 heavy (non-hydrogen) atoms. The van der Waals surface area contributed by atoms with Crippen molar-refractivity contribution in [1.29, 1.82) is 0 Å². The minimum absolute atomic E-state index is 0. The molecule has 0 rings (SSSR count). The maximum atomic E-state index is 3.82. The average Bonchev–Trinajstić information content (AvgIpc) is 2.28. The van der Waals surface area contributed by atoms with Crippen LogP contribution >= 0.6 is 0 Å². The Balaban J connectivity index is -0.000000327. The molecular weight excluding hydrogens is 295 g/mol. The van der Waals surface area contributed by atoms with Gasteiger partial charge < -0.3 is 20.2 Å². The van der Waals surface area contributed by atoms with E-state index in [1.165, 1.54) is 51.4 Å². The van der Waals surface area contributed by atoms with Crippen molar-refractivity contribution in [1.82, 2.24) is 5.32 Å². The molecular formula is C16H37NY-2. The van der Waals surface area contributed by atoms with Gasteiger partial charge in [0.2, 0.25) is 0 Å². The summed E-state index contributed by atoms with van der Waals surface area (Å²) in [6.07, 6.45) is 10.7. The van der Waals surface area contributed by atoms with E-state index in [0.29, 0.717) is 0 Å². The first-order valence-electron chi connectivity index (χ1n) is 7.04. The largest absolute Gasteiger partial charge is 0.358 e. The zero-order valence-electron chi connectivity index (χ0n) is 13.9. The molecule has 2 atom stereocenters. The van der Waals surface area contributed by atoms with Crippen molar-refractivity contribution in [3.63, 3.8) is 0 Å². The van der Waals surface area contributed by atoms with Gasteiger partial charge in [-0.1, -0.05) is 53.4 Å². The molecule has 0 aliphatic rings. The maximum absolute atomic E-state index is 3.82. The predicted octanol–water partition coefficient (Wildman–Crippen LogP) is 5.41. The number of unbranched alkanes of at least 4 members (excludes halogenated alkanes) is 2. The van der Waals surface area contributed by atoms with Crippen LogP contribution in [-0.4, -0.2) is 12.1 Å². The quantitative estimate of drug-likeness (QED) is 0.527. The van der Waals surface area contributed by atoms with E-state index in [1.54, 1.807) is 0 Å². The van der Waals surface area contributed by atoms with Gasteiger partial charge in [0.15, 0.2) is 0 Å². The van der Waals surface area contributed by atoms with Crippen molar-refractivity contribution in [2.75, 3.05) is 0 Å². The number of hydrogen-bond acceptors (Lipinski definition) is 1. The van der Waals surface area contributed by atoms with Gasteiger partial charge in [-0.15, -0.1) is 0 Å². The molecule has 0 heterocycles. The average molecular weight is 332 g/mol. The normalized spacial score (nSPS) is 12.7. The van der Waals surface area contributed by atoms with Gasteiger partial charge in [0.25, 0.3) is 0 Å². The van der Waals surface area contributed by atoms with Gasteiger partial charge in [0.1, 0.15) is 0 Å². The van der Waals surface area contributed by atoms with Crippen molar-refractivity contribution in [3.05, 3.63) is 14.9 Å². The van der Waals surface area contributed by atoms with E-state index in [-0.39, 0.29) is 47.6 Å². The van der Waals surface area contributed by atoms with E-state index in [1.807, 2.05) is 0 Å². The molecule has 0 aliphatic heterocycles. The van der Waals surface area contributed by atoms with Crippen LogP contribution in [0.3, 0.4) is 0 Å². The van der Waals surface area contributed by atoms with Crippen molar-refractivity contribution < 1.29 is 32.7 Å². The summed E-state index contributed by atoms with van der Waals surface area (Å²) in [4.78, 5) is 0. The first-order valence-corrected chi connectivity index (χ1v) is 7.04. The maximum Gasteiger partial charge on any atom is 0.00670 e. The third-order valence-corrected chi connectivity index (χ3v) is 3.27. The van der Waals surface area contributed by atoms with Gasteiger partial charge >= 0.3 is 0 Å². The van der Waals surface area contributed by atoms with Gasteiger partial charge in [-0.3, -0.25) is 0 Å². The van der Waals surface area contributed by atoms with Gasteiger partial charge in [0.05, 0.1) is 0 Å². The van der Waals surface area contributed by atoms with Gasteiger partial charge in [-0.05, 0) is 25.7 Å². The summed E-state index contributed by atoms with van der Waals surface area (Å²) in [5.74, 6) is 0. The Bertz CT molecular complexity index is 114. The second-order valence-corrected chi connectivity index (χ2v) is 4.66. The van der Waals surface area contributed by atoms with Gasteiger partial charge in [-0.25, -0.2) is 0 Å². The van der Waals surface area contributed by atoms with E-state index in [9.17, 15) is 0 Å². The summed E-state index contributed by atoms with van der Waals surface area (Å²) < 4.78 is 0. The molecule has 0 fully saturated rings. The van der Waals surface area contributed by atoms with Crippen LogP contribution in [-0.2, 0) is 32.7 Å². The van der Waals surface area contributed by atoms with E-state index in [0.717, 1.165) is 12.1 Å². The minimum Gasteiger partial charge on any atom is -0.358 e. The van der Waals surface area contributed by atoms with Crippen LogP contribution in [0.4, 0.5) is 0 Å².